The molecule has 1 aliphatic rings. The van der Waals surface area contributed by atoms with Gasteiger partial charge >= 0.3 is 0 Å². The molecule has 0 aliphatic heterocycles. The molecule has 0 N–H and O–H groups in total. The molecule has 0 amide bonds. The lowest BCUT2D eigenvalue weighted by atomic mass is 9.73. The fourth-order valence-electron chi connectivity index (χ4n) is 3.43. The number of rotatable bonds is 6. The van der Waals surface area contributed by atoms with Crippen LogP contribution in [0.2, 0.25) is 0 Å². The summed E-state index contributed by atoms with van der Waals surface area (Å²) in [6, 6.07) is 3.97. The van der Waals surface area contributed by atoms with Crippen molar-refractivity contribution in [2.45, 2.75) is 52.3 Å². The minimum absolute atomic E-state index is 0.0945. The monoisotopic (exact) mass is 319 g/mol. The van der Waals surface area contributed by atoms with Crippen molar-refractivity contribution in [2.75, 3.05) is 14.2 Å². The zero-order chi connectivity index (χ0) is 21.1. The van der Waals surface area contributed by atoms with Gasteiger partial charge in [0.05, 0.1) is 17.0 Å². The van der Waals surface area contributed by atoms with E-state index in [0.717, 1.165) is 36.0 Å². The molecule has 2 atom stereocenters. The molecule has 2 heteroatoms. The van der Waals surface area contributed by atoms with Gasteiger partial charge < -0.3 is 9.47 Å². The van der Waals surface area contributed by atoms with Crippen LogP contribution in [0, 0.1) is 5.92 Å². The van der Waals surface area contributed by atoms with Crippen molar-refractivity contribution in [1.29, 1.82) is 0 Å². The standard InChI is InChI=1S/C21H30O2/c1-7-8-16-12-19(22-5)21(20(13-16)23-6)18-11-15(4)9-10-17(18)14(2)3/h11-13,17-18H,2,7-10H2,1,3-6H3/t17-,18+/m0/s1/i2D2,3D3. The second-order valence-electron chi connectivity index (χ2n) is 6.26. The minimum Gasteiger partial charge on any atom is -0.496 e. The molecule has 2 rings (SSSR count). The van der Waals surface area contributed by atoms with Gasteiger partial charge in [-0.15, -0.1) is 0 Å². The predicted molar refractivity (Wildman–Crippen MR) is 97.6 cm³/mol. The first-order valence-electron chi connectivity index (χ1n) is 10.7. The molecular weight excluding hydrogens is 284 g/mol. The predicted octanol–water partition coefficient (Wildman–Crippen LogP) is 5.67. The third-order valence-electron chi connectivity index (χ3n) is 4.59. The Kier molecular flexibility index (Phi) is 3.95. The van der Waals surface area contributed by atoms with Gasteiger partial charge in [-0.1, -0.05) is 37.1 Å². The SMILES string of the molecule is [2H]C([2H])=C([C@@H]1CCC(C)=C[C@H]1c1c(OC)cc(CCC)cc1OC)C([2H])([2H])[2H]. The summed E-state index contributed by atoms with van der Waals surface area (Å²) in [5, 5.41) is 0. The Morgan fingerprint density at radius 1 is 1.35 bits per heavy atom. The van der Waals surface area contributed by atoms with Crippen LogP contribution in [0.15, 0.2) is 35.9 Å². The van der Waals surface area contributed by atoms with E-state index in [1.807, 2.05) is 25.1 Å². The molecule has 0 aromatic heterocycles. The van der Waals surface area contributed by atoms with E-state index in [2.05, 4.69) is 6.92 Å². The maximum absolute atomic E-state index is 7.90. The van der Waals surface area contributed by atoms with Crippen LogP contribution in [0.1, 0.15) is 63.9 Å². The number of aryl methyl sites for hydroxylation is 1. The number of hydrogen-bond acceptors (Lipinski definition) is 2. The zero-order valence-corrected chi connectivity index (χ0v) is 14.5. The van der Waals surface area contributed by atoms with Crippen molar-refractivity contribution in [3.05, 3.63) is 47.0 Å². The van der Waals surface area contributed by atoms with Gasteiger partial charge in [-0.3, -0.25) is 0 Å². The molecule has 0 heterocycles. The van der Waals surface area contributed by atoms with E-state index in [9.17, 15) is 0 Å². The number of methoxy groups -OCH3 is 2. The molecule has 1 aromatic carbocycles. The van der Waals surface area contributed by atoms with Crippen LogP contribution in [0.5, 0.6) is 11.5 Å². The Balaban J connectivity index is 2.70. The molecule has 0 spiro atoms. The Labute approximate surface area is 148 Å². The zero-order valence-electron chi connectivity index (χ0n) is 19.5. The fraction of sp³-hybridized carbons (Fsp3) is 0.524. The average molecular weight is 319 g/mol. The van der Waals surface area contributed by atoms with Crippen molar-refractivity contribution in [1.82, 2.24) is 0 Å². The Hall–Kier alpha value is -1.70. The summed E-state index contributed by atoms with van der Waals surface area (Å²) in [4.78, 5) is 0. The Morgan fingerprint density at radius 3 is 2.57 bits per heavy atom. The van der Waals surface area contributed by atoms with E-state index in [1.165, 1.54) is 0 Å². The van der Waals surface area contributed by atoms with Crippen LogP contribution in [-0.4, -0.2) is 14.2 Å². The van der Waals surface area contributed by atoms with Crippen molar-refractivity contribution >= 4 is 0 Å². The molecule has 2 nitrogen and oxygen atoms in total. The highest BCUT2D eigenvalue weighted by Crippen LogP contribution is 2.47. The van der Waals surface area contributed by atoms with E-state index in [1.54, 1.807) is 14.2 Å². The summed E-state index contributed by atoms with van der Waals surface area (Å²) in [5.41, 5.74) is 2.95. The molecule has 0 saturated heterocycles. The van der Waals surface area contributed by atoms with Gasteiger partial charge in [-0.05, 0) is 56.7 Å². The molecule has 126 valence electrons. The van der Waals surface area contributed by atoms with Crippen molar-refractivity contribution in [3.8, 4) is 11.5 Å². The topological polar surface area (TPSA) is 18.5 Å². The highest BCUT2D eigenvalue weighted by Gasteiger charge is 2.30. The quantitative estimate of drug-likeness (QED) is 0.629. The largest absolute Gasteiger partial charge is 0.496 e. The number of hydrogen-bond donors (Lipinski definition) is 0. The molecule has 23 heavy (non-hydrogen) atoms. The van der Waals surface area contributed by atoms with E-state index in [-0.39, 0.29) is 11.5 Å². The van der Waals surface area contributed by atoms with E-state index >= 15 is 0 Å². The van der Waals surface area contributed by atoms with Crippen molar-refractivity contribution < 1.29 is 16.3 Å². The van der Waals surface area contributed by atoms with Crippen LogP contribution in [-0.2, 0) is 6.42 Å². The van der Waals surface area contributed by atoms with Gasteiger partial charge in [0.2, 0.25) is 0 Å². The minimum atomic E-state index is -2.48. The van der Waals surface area contributed by atoms with Gasteiger partial charge in [0, 0.05) is 15.6 Å². The summed E-state index contributed by atoms with van der Waals surface area (Å²) in [6.07, 6.45) is 5.24. The molecule has 0 unspecified atom stereocenters. The van der Waals surface area contributed by atoms with Gasteiger partial charge in [-0.2, -0.15) is 0 Å². The van der Waals surface area contributed by atoms with Gasteiger partial charge in [0.15, 0.2) is 0 Å². The lowest BCUT2D eigenvalue weighted by Gasteiger charge is -2.32. The maximum atomic E-state index is 7.90. The van der Waals surface area contributed by atoms with Crippen LogP contribution < -0.4 is 9.47 Å². The molecule has 1 aliphatic carbocycles. The highest BCUT2D eigenvalue weighted by atomic mass is 16.5. The molecular formula is C21H30O2. The fourth-order valence-corrected chi connectivity index (χ4v) is 3.43. The second-order valence-corrected chi connectivity index (χ2v) is 6.26. The van der Waals surface area contributed by atoms with E-state index < -0.39 is 19.3 Å². The third-order valence-corrected chi connectivity index (χ3v) is 4.59. The normalized spacial score (nSPS) is 24.3. The maximum Gasteiger partial charge on any atom is 0.126 e. The van der Waals surface area contributed by atoms with Crippen LogP contribution in [0.25, 0.3) is 0 Å². The van der Waals surface area contributed by atoms with Gasteiger partial charge in [0.1, 0.15) is 11.5 Å². The Morgan fingerprint density at radius 2 is 2.04 bits per heavy atom. The molecule has 0 saturated carbocycles. The van der Waals surface area contributed by atoms with Crippen molar-refractivity contribution in [2.24, 2.45) is 5.92 Å². The lowest BCUT2D eigenvalue weighted by Crippen LogP contribution is -2.18. The first kappa shape index (κ1) is 11.8. The second kappa shape index (κ2) is 7.72. The molecule has 0 radical (unpaired) electrons. The van der Waals surface area contributed by atoms with E-state index in [4.69, 9.17) is 16.3 Å². The highest BCUT2D eigenvalue weighted by molar-refractivity contribution is 5.53. The molecule has 0 fully saturated rings. The van der Waals surface area contributed by atoms with Crippen LogP contribution in [0.4, 0.5) is 0 Å². The number of ether oxygens (including phenoxy) is 2. The summed E-state index contributed by atoms with van der Waals surface area (Å²) in [7, 11) is 3.20. The van der Waals surface area contributed by atoms with Crippen LogP contribution >= 0.6 is 0 Å². The first-order chi connectivity index (χ1) is 13.1. The van der Waals surface area contributed by atoms with Crippen LogP contribution in [0.3, 0.4) is 0 Å². The van der Waals surface area contributed by atoms with Gasteiger partial charge in [0.25, 0.3) is 0 Å². The number of benzene rings is 1. The number of allylic oxidation sites excluding steroid dienone is 3. The van der Waals surface area contributed by atoms with Crippen molar-refractivity contribution in [3.63, 3.8) is 0 Å². The van der Waals surface area contributed by atoms with E-state index in [0.29, 0.717) is 17.9 Å². The summed E-state index contributed by atoms with van der Waals surface area (Å²) in [6.45, 7) is 1.02. The summed E-state index contributed by atoms with van der Waals surface area (Å²) in [5.74, 6) is 0.520. The smallest absolute Gasteiger partial charge is 0.126 e. The average Bonchev–Trinajstić information content (AvgIpc) is 2.61. The Bertz CT molecular complexity index is 736. The molecule has 0 bridgehead atoms. The summed E-state index contributed by atoms with van der Waals surface area (Å²) >= 11 is 0. The molecule has 1 aromatic rings. The van der Waals surface area contributed by atoms with Gasteiger partial charge in [-0.25, -0.2) is 0 Å². The third kappa shape index (κ3) is 3.80. The lowest BCUT2D eigenvalue weighted by molar-refractivity contribution is 0.368. The summed E-state index contributed by atoms with van der Waals surface area (Å²) < 4.78 is 50.7. The first-order valence-corrected chi connectivity index (χ1v) is 8.23.